The number of ether oxygens (including phenoxy) is 1. The molecule has 1 saturated carbocycles. The summed E-state index contributed by atoms with van der Waals surface area (Å²) in [5.74, 6) is 0. The van der Waals surface area contributed by atoms with Gasteiger partial charge in [0.05, 0.1) is 22.5 Å². The van der Waals surface area contributed by atoms with E-state index in [1.54, 1.807) is 0 Å². The maximum absolute atomic E-state index is 5.88. The lowest BCUT2D eigenvalue weighted by atomic mass is 9.87. The zero-order chi connectivity index (χ0) is 9.76. The molecule has 1 saturated heterocycles. The highest BCUT2D eigenvalue weighted by Crippen LogP contribution is 2.56. The molecule has 0 amide bonds. The molecule has 0 aromatic carbocycles. The van der Waals surface area contributed by atoms with Gasteiger partial charge in [-0.1, -0.05) is 6.42 Å². The van der Waals surface area contributed by atoms with Crippen molar-refractivity contribution in [2.45, 2.75) is 37.4 Å². The van der Waals surface area contributed by atoms with E-state index >= 15 is 0 Å². The lowest BCUT2D eigenvalue weighted by molar-refractivity contribution is 0.276. The summed E-state index contributed by atoms with van der Waals surface area (Å²) >= 11 is 3.55. The van der Waals surface area contributed by atoms with Gasteiger partial charge in [0.1, 0.15) is 5.60 Å². The molecule has 1 aromatic rings. The van der Waals surface area contributed by atoms with Crippen LogP contribution in [0.5, 0.6) is 0 Å². The third-order valence-corrected chi connectivity index (χ3v) is 3.96. The summed E-state index contributed by atoms with van der Waals surface area (Å²) in [6, 6.07) is 0. The molecule has 1 aliphatic heterocycles. The second kappa shape index (κ2) is 2.83. The second-order valence-electron chi connectivity index (χ2n) is 4.21. The molecule has 4 heteroatoms. The van der Waals surface area contributed by atoms with E-state index in [1.165, 1.54) is 25.0 Å². The van der Waals surface area contributed by atoms with Gasteiger partial charge in [0.15, 0.2) is 0 Å². The van der Waals surface area contributed by atoms with E-state index in [-0.39, 0.29) is 5.60 Å². The summed E-state index contributed by atoms with van der Waals surface area (Å²) in [5, 5.41) is 4.25. The highest BCUT2D eigenvalue weighted by atomic mass is 79.9. The summed E-state index contributed by atoms with van der Waals surface area (Å²) in [6.45, 7) is 0. The summed E-state index contributed by atoms with van der Waals surface area (Å²) in [4.78, 5) is 0. The minimum Gasteiger partial charge on any atom is -0.359 e. The van der Waals surface area contributed by atoms with E-state index in [4.69, 9.17) is 4.74 Å². The fourth-order valence-electron chi connectivity index (χ4n) is 2.66. The number of epoxide rings is 1. The van der Waals surface area contributed by atoms with Gasteiger partial charge in [-0.2, -0.15) is 5.10 Å². The Labute approximate surface area is 91.6 Å². The molecular formula is C10H13BrN2O. The Morgan fingerprint density at radius 1 is 1.64 bits per heavy atom. The first-order valence-electron chi connectivity index (χ1n) is 5.10. The van der Waals surface area contributed by atoms with Gasteiger partial charge in [-0.25, -0.2) is 0 Å². The van der Waals surface area contributed by atoms with Gasteiger partial charge in [0.25, 0.3) is 0 Å². The molecule has 2 atom stereocenters. The third-order valence-electron chi connectivity index (χ3n) is 3.37. The van der Waals surface area contributed by atoms with Crippen molar-refractivity contribution < 1.29 is 4.74 Å². The average molecular weight is 257 g/mol. The first-order chi connectivity index (χ1) is 6.74. The smallest absolute Gasteiger partial charge is 0.137 e. The second-order valence-corrected chi connectivity index (χ2v) is 5.06. The summed E-state index contributed by atoms with van der Waals surface area (Å²) in [5.41, 5.74) is 1.23. The van der Waals surface area contributed by atoms with Crippen LogP contribution in [0, 0.1) is 0 Å². The van der Waals surface area contributed by atoms with Gasteiger partial charge >= 0.3 is 0 Å². The third kappa shape index (κ3) is 1.04. The minimum atomic E-state index is 0.00231. The Kier molecular flexibility index (Phi) is 1.80. The van der Waals surface area contributed by atoms with Crippen LogP contribution < -0.4 is 0 Å². The van der Waals surface area contributed by atoms with Crippen LogP contribution in [0.3, 0.4) is 0 Å². The standard InChI is InChI=1S/C10H13BrN2O/c1-13-9(7(11)6-12-13)10-5-3-2-4-8(10)14-10/h6,8H,2-5H2,1H3/t8-,10-/m1/s1. The molecule has 1 aromatic heterocycles. The maximum Gasteiger partial charge on any atom is 0.137 e. The largest absolute Gasteiger partial charge is 0.359 e. The fraction of sp³-hybridized carbons (Fsp3) is 0.700. The number of hydrogen-bond acceptors (Lipinski definition) is 2. The SMILES string of the molecule is Cn1ncc(Br)c1[C@@]12CCCC[C@H]1O2. The average Bonchev–Trinajstić information content (AvgIpc) is 2.81. The first kappa shape index (κ1) is 8.92. The monoisotopic (exact) mass is 256 g/mol. The molecule has 0 unspecified atom stereocenters. The highest BCUT2D eigenvalue weighted by Gasteiger charge is 2.60. The predicted octanol–water partition coefficient (Wildman–Crippen LogP) is 2.35. The summed E-state index contributed by atoms with van der Waals surface area (Å²) in [6.07, 6.45) is 7.24. The molecule has 0 bridgehead atoms. The van der Waals surface area contributed by atoms with E-state index < -0.39 is 0 Å². The molecule has 0 radical (unpaired) electrons. The molecule has 1 aliphatic carbocycles. The number of fused-ring (bicyclic) bond motifs is 1. The van der Waals surface area contributed by atoms with Crippen LogP contribution in [-0.2, 0) is 17.4 Å². The molecular weight excluding hydrogens is 244 g/mol. The molecule has 2 aliphatic rings. The van der Waals surface area contributed by atoms with Crippen molar-refractivity contribution in [1.82, 2.24) is 9.78 Å². The quantitative estimate of drug-likeness (QED) is 0.723. The lowest BCUT2D eigenvalue weighted by Crippen LogP contribution is -2.21. The predicted molar refractivity (Wildman–Crippen MR) is 55.9 cm³/mol. The molecule has 3 rings (SSSR count). The lowest BCUT2D eigenvalue weighted by Gasteiger charge is -2.17. The Balaban J connectivity index is 2.03. The van der Waals surface area contributed by atoms with Crippen molar-refractivity contribution in [2.75, 3.05) is 0 Å². The summed E-state index contributed by atoms with van der Waals surface area (Å²) in [7, 11) is 1.99. The molecule has 14 heavy (non-hydrogen) atoms. The Morgan fingerprint density at radius 3 is 3.14 bits per heavy atom. The summed E-state index contributed by atoms with van der Waals surface area (Å²) < 4.78 is 8.91. The van der Waals surface area contributed by atoms with Gasteiger partial charge in [0.2, 0.25) is 0 Å². The fourth-order valence-corrected chi connectivity index (χ4v) is 3.35. The molecule has 3 nitrogen and oxygen atoms in total. The van der Waals surface area contributed by atoms with Crippen LogP contribution in [0.4, 0.5) is 0 Å². The van der Waals surface area contributed by atoms with E-state index in [2.05, 4.69) is 21.0 Å². The molecule has 2 heterocycles. The van der Waals surface area contributed by atoms with Crippen molar-refractivity contribution in [3.8, 4) is 0 Å². The van der Waals surface area contributed by atoms with Crippen molar-refractivity contribution in [1.29, 1.82) is 0 Å². The van der Waals surface area contributed by atoms with Crippen molar-refractivity contribution in [3.63, 3.8) is 0 Å². The van der Waals surface area contributed by atoms with Gasteiger partial charge in [-0.05, 0) is 35.2 Å². The van der Waals surface area contributed by atoms with Gasteiger partial charge in [0, 0.05) is 7.05 Å². The highest BCUT2D eigenvalue weighted by molar-refractivity contribution is 9.10. The molecule has 76 valence electrons. The number of aryl methyl sites for hydroxylation is 1. The number of nitrogens with zero attached hydrogens (tertiary/aromatic N) is 2. The first-order valence-corrected chi connectivity index (χ1v) is 5.89. The number of halogens is 1. The van der Waals surface area contributed by atoms with Crippen molar-refractivity contribution in [3.05, 3.63) is 16.4 Å². The van der Waals surface area contributed by atoms with Crippen LogP contribution in [0.15, 0.2) is 10.7 Å². The molecule has 0 N–H and O–H groups in total. The number of aromatic nitrogens is 2. The van der Waals surface area contributed by atoms with Gasteiger partial charge < -0.3 is 4.74 Å². The Hall–Kier alpha value is -0.350. The molecule has 2 fully saturated rings. The van der Waals surface area contributed by atoms with Crippen LogP contribution in [0.25, 0.3) is 0 Å². The van der Waals surface area contributed by atoms with E-state index in [0.29, 0.717) is 6.10 Å². The van der Waals surface area contributed by atoms with E-state index in [0.717, 1.165) is 10.9 Å². The van der Waals surface area contributed by atoms with Gasteiger partial charge in [-0.15, -0.1) is 0 Å². The number of hydrogen-bond donors (Lipinski definition) is 0. The minimum absolute atomic E-state index is 0.00231. The van der Waals surface area contributed by atoms with Crippen molar-refractivity contribution in [2.24, 2.45) is 7.05 Å². The topological polar surface area (TPSA) is 30.4 Å². The Bertz CT molecular complexity index is 357. The maximum atomic E-state index is 5.88. The molecule has 0 spiro atoms. The van der Waals surface area contributed by atoms with Gasteiger partial charge in [-0.3, -0.25) is 4.68 Å². The van der Waals surface area contributed by atoms with Crippen LogP contribution in [0.1, 0.15) is 31.4 Å². The van der Waals surface area contributed by atoms with Crippen LogP contribution in [-0.4, -0.2) is 15.9 Å². The van der Waals surface area contributed by atoms with Crippen molar-refractivity contribution >= 4 is 15.9 Å². The van der Waals surface area contributed by atoms with E-state index in [9.17, 15) is 0 Å². The van der Waals surface area contributed by atoms with Crippen LogP contribution >= 0.6 is 15.9 Å². The normalized spacial score (nSPS) is 35.4. The van der Waals surface area contributed by atoms with E-state index in [1.807, 2.05) is 17.9 Å². The zero-order valence-corrected chi connectivity index (χ0v) is 9.75. The Morgan fingerprint density at radius 2 is 2.50 bits per heavy atom. The zero-order valence-electron chi connectivity index (χ0n) is 8.16. The number of rotatable bonds is 1. The van der Waals surface area contributed by atoms with Crippen LogP contribution in [0.2, 0.25) is 0 Å².